The van der Waals surface area contributed by atoms with Crippen molar-refractivity contribution in [3.8, 4) is 16.9 Å². The van der Waals surface area contributed by atoms with Gasteiger partial charge in [0.2, 0.25) is 0 Å². The molecule has 1 heterocycles. The van der Waals surface area contributed by atoms with E-state index in [0.717, 1.165) is 16.6 Å². The van der Waals surface area contributed by atoms with Crippen molar-refractivity contribution in [2.75, 3.05) is 0 Å². The van der Waals surface area contributed by atoms with Crippen molar-refractivity contribution >= 4 is 21.8 Å². The van der Waals surface area contributed by atoms with Gasteiger partial charge in [0.1, 0.15) is 5.75 Å². The lowest BCUT2D eigenvalue weighted by Gasteiger charge is -2.06. The molecule has 0 aliphatic heterocycles. The Hall–Kier alpha value is -2.74. The highest BCUT2D eigenvalue weighted by Gasteiger charge is 2.14. The molecular weight excluding hydrogens is 258 g/mol. The molecule has 2 nitrogen and oxygen atoms in total. The van der Waals surface area contributed by atoms with Crippen LogP contribution in [0.1, 0.15) is 0 Å². The molecule has 1 aromatic heterocycles. The van der Waals surface area contributed by atoms with Crippen LogP contribution in [-0.2, 0) is 7.05 Å². The molecule has 2 heteroatoms. The number of benzene rings is 3. The van der Waals surface area contributed by atoms with Crippen LogP contribution in [-0.4, -0.2) is 9.67 Å². The van der Waals surface area contributed by atoms with Crippen LogP contribution in [0.5, 0.6) is 5.75 Å². The van der Waals surface area contributed by atoms with Crippen LogP contribution in [0.15, 0.2) is 66.7 Å². The van der Waals surface area contributed by atoms with Gasteiger partial charge < -0.3 is 9.67 Å². The number of aromatic nitrogens is 1. The molecule has 3 aromatic carbocycles. The van der Waals surface area contributed by atoms with Crippen molar-refractivity contribution in [3.63, 3.8) is 0 Å². The molecule has 0 saturated carbocycles. The van der Waals surface area contributed by atoms with E-state index in [9.17, 15) is 5.11 Å². The Balaban J connectivity index is 2.23. The summed E-state index contributed by atoms with van der Waals surface area (Å²) >= 11 is 0. The van der Waals surface area contributed by atoms with Crippen molar-refractivity contribution < 1.29 is 5.11 Å². The third kappa shape index (κ3) is 1.73. The van der Waals surface area contributed by atoms with Crippen LogP contribution in [0.3, 0.4) is 0 Å². The molecule has 0 radical (unpaired) electrons. The molecule has 1 N–H and O–H groups in total. The number of hydrogen-bond donors (Lipinski definition) is 1. The number of para-hydroxylation sites is 1. The van der Waals surface area contributed by atoms with Crippen molar-refractivity contribution in [1.29, 1.82) is 0 Å². The normalized spacial score (nSPS) is 11.3. The molecule has 4 rings (SSSR count). The lowest BCUT2D eigenvalue weighted by atomic mass is 9.99. The van der Waals surface area contributed by atoms with Gasteiger partial charge in [-0.2, -0.15) is 0 Å². The van der Waals surface area contributed by atoms with Crippen LogP contribution in [0.25, 0.3) is 32.9 Å². The SMILES string of the molecule is Cn1c2ccccc2c2c(-c3ccccc3)cc(O)cc21. The maximum atomic E-state index is 10.1. The van der Waals surface area contributed by atoms with Gasteiger partial charge >= 0.3 is 0 Å². The fourth-order valence-electron chi connectivity index (χ4n) is 3.11. The zero-order chi connectivity index (χ0) is 14.4. The molecule has 0 spiro atoms. The van der Waals surface area contributed by atoms with E-state index < -0.39 is 0 Å². The highest BCUT2D eigenvalue weighted by atomic mass is 16.3. The van der Waals surface area contributed by atoms with E-state index in [1.165, 1.54) is 16.3 Å². The predicted molar refractivity (Wildman–Crippen MR) is 87.5 cm³/mol. The van der Waals surface area contributed by atoms with Crippen molar-refractivity contribution in [2.45, 2.75) is 0 Å². The number of aryl methyl sites for hydroxylation is 1. The molecular formula is C19H15NO. The maximum Gasteiger partial charge on any atom is 0.118 e. The second-order valence-electron chi connectivity index (χ2n) is 5.33. The molecule has 0 aliphatic carbocycles. The minimum atomic E-state index is 0.298. The Morgan fingerprint density at radius 3 is 2.33 bits per heavy atom. The molecule has 0 unspecified atom stereocenters. The third-order valence-electron chi connectivity index (χ3n) is 4.08. The fourth-order valence-corrected chi connectivity index (χ4v) is 3.11. The molecule has 0 fully saturated rings. The molecule has 0 bridgehead atoms. The number of nitrogens with zero attached hydrogens (tertiary/aromatic N) is 1. The molecule has 102 valence electrons. The summed E-state index contributed by atoms with van der Waals surface area (Å²) in [5, 5.41) is 12.5. The zero-order valence-electron chi connectivity index (χ0n) is 11.7. The summed E-state index contributed by atoms with van der Waals surface area (Å²) in [6, 6.07) is 22.3. The van der Waals surface area contributed by atoms with E-state index in [4.69, 9.17) is 0 Å². The highest BCUT2D eigenvalue weighted by molar-refractivity contribution is 6.15. The number of hydrogen-bond acceptors (Lipinski definition) is 1. The van der Waals surface area contributed by atoms with Crippen LogP contribution in [0.4, 0.5) is 0 Å². The van der Waals surface area contributed by atoms with E-state index in [2.05, 4.69) is 34.9 Å². The van der Waals surface area contributed by atoms with Gasteiger partial charge in [0.05, 0.1) is 5.52 Å². The first-order valence-corrected chi connectivity index (χ1v) is 7.01. The lowest BCUT2D eigenvalue weighted by Crippen LogP contribution is -1.86. The number of fused-ring (bicyclic) bond motifs is 3. The largest absolute Gasteiger partial charge is 0.508 e. The van der Waals surface area contributed by atoms with Gasteiger partial charge in [0.25, 0.3) is 0 Å². The molecule has 0 amide bonds. The molecule has 4 aromatic rings. The van der Waals surface area contributed by atoms with Gasteiger partial charge in [0.15, 0.2) is 0 Å². The first kappa shape index (κ1) is 12.0. The Kier molecular flexibility index (Phi) is 2.51. The van der Waals surface area contributed by atoms with E-state index in [0.29, 0.717) is 5.75 Å². The third-order valence-corrected chi connectivity index (χ3v) is 4.08. The average molecular weight is 273 g/mol. The van der Waals surface area contributed by atoms with Crippen molar-refractivity contribution in [2.24, 2.45) is 7.05 Å². The number of rotatable bonds is 1. The summed E-state index contributed by atoms with van der Waals surface area (Å²) in [7, 11) is 2.04. The maximum absolute atomic E-state index is 10.1. The first-order valence-electron chi connectivity index (χ1n) is 7.01. The van der Waals surface area contributed by atoms with E-state index in [1.807, 2.05) is 43.4 Å². The van der Waals surface area contributed by atoms with E-state index in [-0.39, 0.29) is 0 Å². The lowest BCUT2D eigenvalue weighted by molar-refractivity contribution is 0.476. The monoisotopic (exact) mass is 273 g/mol. The topological polar surface area (TPSA) is 25.2 Å². The smallest absolute Gasteiger partial charge is 0.118 e. The second kappa shape index (κ2) is 4.38. The summed E-state index contributed by atoms with van der Waals surface area (Å²) in [5.74, 6) is 0.298. The van der Waals surface area contributed by atoms with Crippen molar-refractivity contribution in [3.05, 3.63) is 66.7 Å². The van der Waals surface area contributed by atoms with Gasteiger partial charge in [-0.15, -0.1) is 0 Å². The van der Waals surface area contributed by atoms with Crippen LogP contribution < -0.4 is 0 Å². The quantitative estimate of drug-likeness (QED) is 0.534. The van der Waals surface area contributed by atoms with Gasteiger partial charge in [-0.1, -0.05) is 48.5 Å². The Bertz CT molecular complexity index is 952. The summed E-state index contributed by atoms with van der Waals surface area (Å²) in [6.45, 7) is 0. The van der Waals surface area contributed by atoms with Gasteiger partial charge in [-0.3, -0.25) is 0 Å². The Labute approximate surface area is 122 Å². The minimum absolute atomic E-state index is 0.298. The number of aromatic hydroxyl groups is 1. The average Bonchev–Trinajstić information content (AvgIpc) is 2.81. The Morgan fingerprint density at radius 2 is 1.52 bits per heavy atom. The number of phenolic OH excluding ortho intramolecular Hbond substituents is 1. The fraction of sp³-hybridized carbons (Fsp3) is 0.0526. The number of phenols is 1. The van der Waals surface area contributed by atoms with Gasteiger partial charge in [-0.25, -0.2) is 0 Å². The summed E-state index contributed by atoms with van der Waals surface area (Å²) in [5.41, 5.74) is 4.42. The minimum Gasteiger partial charge on any atom is -0.508 e. The highest BCUT2D eigenvalue weighted by Crippen LogP contribution is 2.38. The predicted octanol–water partition coefficient (Wildman–Crippen LogP) is 4.70. The molecule has 0 saturated heterocycles. The second-order valence-corrected chi connectivity index (χ2v) is 5.33. The summed E-state index contributed by atoms with van der Waals surface area (Å²) in [6.07, 6.45) is 0. The van der Waals surface area contributed by atoms with Crippen LogP contribution in [0, 0.1) is 0 Å². The van der Waals surface area contributed by atoms with Gasteiger partial charge in [0, 0.05) is 29.4 Å². The Morgan fingerprint density at radius 1 is 0.810 bits per heavy atom. The molecule has 0 aliphatic rings. The van der Waals surface area contributed by atoms with Crippen molar-refractivity contribution in [1.82, 2.24) is 4.57 Å². The zero-order valence-corrected chi connectivity index (χ0v) is 11.7. The van der Waals surface area contributed by atoms with Crippen LogP contribution in [0.2, 0.25) is 0 Å². The molecule has 21 heavy (non-hydrogen) atoms. The molecule has 0 atom stereocenters. The van der Waals surface area contributed by atoms with Gasteiger partial charge in [-0.05, 0) is 23.3 Å². The van der Waals surface area contributed by atoms with Crippen LogP contribution >= 0.6 is 0 Å². The summed E-state index contributed by atoms with van der Waals surface area (Å²) < 4.78 is 2.14. The first-order chi connectivity index (χ1) is 10.3. The summed E-state index contributed by atoms with van der Waals surface area (Å²) in [4.78, 5) is 0. The standard InChI is InChI=1S/C19H15NO/c1-20-17-10-6-5-9-15(17)19-16(11-14(21)12-18(19)20)13-7-3-2-4-8-13/h2-12,21H,1H3. The van der Waals surface area contributed by atoms with E-state index in [1.54, 1.807) is 0 Å². The van der Waals surface area contributed by atoms with E-state index >= 15 is 0 Å².